The van der Waals surface area contributed by atoms with E-state index in [0.717, 1.165) is 0 Å². The fourth-order valence-corrected chi connectivity index (χ4v) is 1.68. The second kappa shape index (κ2) is 4.72. The molecule has 0 fully saturated rings. The Hall–Kier alpha value is -0.0500. The molecule has 0 aromatic heterocycles. The summed E-state index contributed by atoms with van der Waals surface area (Å²) >= 11 is 3.26. The van der Waals surface area contributed by atoms with Gasteiger partial charge in [-0.05, 0) is 5.92 Å². The van der Waals surface area contributed by atoms with Crippen molar-refractivity contribution in [2.75, 3.05) is 12.4 Å². The lowest BCUT2D eigenvalue weighted by molar-refractivity contribution is -0.145. The lowest BCUT2D eigenvalue weighted by atomic mass is 9.99. The first-order chi connectivity index (χ1) is 4.63. The zero-order valence-electron chi connectivity index (χ0n) is 6.56. The molecule has 3 heteroatoms. The Morgan fingerprint density at radius 1 is 1.60 bits per heavy atom. The average molecular weight is 209 g/mol. The Morgan fingerprint density at radius 2 is 2.10 bits per heavy atom. The third-order valence-corrected chi connectivity index (χ3v) is 2.17. The van der Waals surface area contributed by atoms with Gasteiger partial charge in [0.05, 0.1) is 13.0 Å². The summed E-state index contributed by atoms with van der Waals surface area (Å²) in [5.41, 5.74) is 0. The van der Waals surface area contributed by atoms with Gasteiger partial charge in [0.1, 0.15) is 0 Å². The van der Waals surface area contributed by atoms with Gasteiger partial charge in [0, 0.05) is 5.33 Å². The van der Waals surface area contributed by atoms with Gasteiger partial charge >= 0.3 is 5.97 Å². The molecule has 0 radical (unpaired) electrons. The van der Waals surface area contributed by atoms with Crippen LogP contribution in [0.4, 0.5) is 0 Å². The third-order valence-electron chi connectivity index (χ3n) is 1.47. The van der Waals surface area contributed by atoms with Gasteiger partial charge in [0.25, 0.3) is 0 Å². The van der Waals surface area contributed by atoms with Crippen LogP contribution in [0.2, 0.25) is 0 Å². The second-order valence-electron chi connectivity index (χ2n) is 2.53. The van der Waals surface area contributed by atoms with E-state index in [9.17, 15) is 4.79 Å². The molecule has 0 bridgehead atoms. The minimum Gasteiger partial charge on any atom is -0.469 e. The van der Waals surface area contributed by atoms with E-state index in [1.165, 1.54) is 7.11 Å². The quantitative estimate of drug-likeness (QED) is 0.523. The highest BCUT2D eigenvalue weighted by atomic mass is 79.9. The van der Waals surface area contributed by atoms with E-state index in [1.807, 2.05) is 13.8 Å². The topological polar surface area (TPSA) is 26.3 Å². The zero-order chi connectivity index (χ0) is 8.15. The zero-order valence-corrected chi connectivity index (χ0v) is 8.14. The predicted octanol–water partition coefficient (Wildman–Crippen LogP) is 1.83. The summed E-state index contributed by atoms with van der Waals surface area (Å²) in [7, 11) is 1.42. The Kier molecular flexibility index (Phi) is 4.69. The first kappa shape index (κ1) is 9.95. The standard InChI is InChI=1S/C7H13BrO2/c1-5(2)6(4-8)7(9)10-3/h5-6H,4H2,1-3H3/t6-/m1/s1. The van der Waals surface area contributed by atoms with Gasteiger partial charge in [0.15, 0.2) is 0 Å². The van der Waals surface area contributed by atoms with E-state index in [0.29, 0.717) is 11.2 Å². The van der Waals surface area contributed by atoms with Crippen LogP contribution in [0.25, 0.3) is 0 Å². The maximum Gasteiger partial charge on any atom is 0.309 e. The summed E-state index contributed by atoms with van der Waals surface area (Å²) in [4.78, 5) is 10.9. The molecule has 0 aliphatic heterocycles. The van der Waals surface area contributed by atoms with E-state index < -0.39 is 0 Å². The molecule has 0 aromatic rings. The molecule has 0 aliphatic rings. The van der Waals surface area contributed by atoms with Crippen LogP contribution >= 0.6 is 15.9 Å². The molecule has 0 unspecified atom stereocenters. The molecule has 0 aliphatic carbocycles. The van der Waals surface area contributed by atoms with Gasteiger partial charge in [-0.15, -0.1) is 0 Å². The second-order valence-corrected chi connectivity index (χ2v) is 3.18. The predicted molar refractivity (Wildman–Crippen MR) is 44.1 cm³/mol. The largest absolute Gasteiger partial charge is 0.469 e. The van der Waals surface area contributed by atoms with Crippen molar-refractivity contribution >= 4 is 21.9 Å². The number of carbonyl (C=O) groups is 1. The van der Waals surface area contributed by atoms with Crippen molar-refractivity contribution in [3.05, 3.63) is 0 Å². The molecule has 60 valence electrons. The Bertz CT molecular complexity index is 112. The van der Waals surface area contributed by atoms with Crippen molar-refractivity contribution in [2.24, 2.45) is 11.8 Å². The van der Waals surface area contributed by atoms with Crippen LogP contribution in [0.5, 0.6) is 0 Å². The van der Waals surface area contributed by atoms with Gasteiger partial charge < -0.3 is 4.74 Å². The van der Waals surface area contributed by atoms with Gasteiger partial charge in [-0.2, -0.15) is 0 Å². The maximum atomic E-state index is 10.9. The van der Waals surface area contributed by atoms with Crippen LogP contribution < -0.4 is 0 Å². The maximum absolute atomic E-state index is 10.9. The highest BCUT2D eigenvalue weighted by Crippen LogP contribution is 2.14. The van der Waals surface area contributed by atoms with Gasteiger partial charge in [-0.1, -0.05) is 29.8 Å². The highest BCUT2D eigenvalue weighted by Gasteiger charge is 2.20. The van der Waals surface area contributed by atoms with Crippen LogP contribution in [0, 0.1) is 11.8 Å². The Balaban J connectivity index is 3.93. The number of ether oxygens (including phenoxy) is 1. The van der Waals surface area contributed by atoms with E-state index >= 15 is 0 Å². The van der Waals surface area contributed by atoms with Crippen molar-refractivity contribution in [1.29, 1.82) is 0 Å². The molecule has 10 heavy (non-hydrogen) atoms. The first-order valence-electron chi connectivity index (χ1n) is 3.27. The molecular weight excluding hydrogens is 196 g/mol. The number of alkyl halides is 1. The number of halogens is 1. The normalized spacial score (nSPS) is 13.3. The summed E-state index contributed by atoms with van der Waals surface area (Å²) in [5.74, 6) is 0.198. The molecule has 0 rings (SSSR count). The van der Waals surface area contributed by atoms with E-state index in [-0.39, 0.29) is 11.9 Å². The molecule has 0 amide bonds. The fraction of sp³-hybridized carbons (Fsp3) is 0.857. The fourth-order valence-electron chi connectivity index (χ4n) is 0.665. The van der Waals surface area contributed by atoms with Crippen LogP contribution in [0.1, 0.15) is 13.8 Å². The lowest BCUT2D eigenvalue weighted by Crippen LogP contribution is -2.22. The van der Waals surface area contributed by atoms with Gasteiger partial charge in [-0.3, -0.25) is 4.79 Å². The number of hydrogen-bond acceptors (Lipinski definition) is 2. The van der Waals surface area contributed by atoms with Gasteiger partial charge in [0.2, 0.25) is 0 Å². The Labute approximate surface area is 70.1 Å². The number of carbonyl (C=O) groups excluding carboxylic acids is 1. The van der Waals surface area contributed by atoms with Crippen LogP contribution in [-0.2, 0) is 9.53 Å². The summed E-state index contributed by atoms with van der Waals surface area (Å²) in [6.45, 7) is 4.01. The van der Waals surface area contributed by atoms with Crippen LogP contribution in [-0.4, -0.2) is 18.4 Å². The SMILES string of the molecule is COC(=O)[C@H](CBr)C(C)C. The highest BCUT2D eigenvalue weighted by molar-refractivity contribution is 9.09. The molecular formula is C7H13BrO2. The molecule has 1 atom stereocenters. The van der Waals surface area contributed by atoms with Crippen molar-refractivity contribution in [3.63, 3.8) is 0 Å². The molecule has 0 heterocycles. The summed E-state index contributed by atoms with van der Waals surface area (Å²) in [6.07, 6.45) is 0. The van der Waals surface area contributed by atoms with Crippen molar-refractivity contribution in [1.82, 2.24) is 0 Å². The monoisotopic (exact) mass is 208 g/mol. The molecule has 0 spiro atoms. The summed E-state index contributed by atoms with van der Waals surface area (Å²) in [6, 6.07) is 0. The Morgan fingerprint density at radius 3 is 2.20 bits per heavy atom. The van der Waals surface area contributed by atoms with Crippen LogP contribution in [0.3, 0.4) is 0 Å². The molecule has 2 nitrogen and oxygen atoms in total. The van der Waals surface area contributed by atoms with Crippen molar-refractivity contribution in [2.45, 2.75) is 13.8 Å². The molecule has 0 N–H and O–H groups in total. The van der Waals surface area contributed by atoms with E-state index in [2.05, 4.69) is 20.7 Å². The van der Waals surface area contributed by atoms with Crippen molar-refractivity contribution < 1.29 is 9.53 Å². The minimum atomic E-state index is -0.133. The molecule has 0 saturated carbocycles. The number of hydrogen-bond donors (Lipinski definition) is 0. The third kappa shape index (κ3) is 2.69. The molecule has 0 aromatic carbocycles. The van der Waals surface area contributed by atoms with Crippen LogP contribution in [0.15, 0.2) is 0 Å². The smallest absolute Gasteiger partial charge is 0.309 e. The van der Waals surface area contributed by atoms with E-state index in [4.69, 9.17) is 0 Å². The number of rotatable bonds is 3. The number of methoxy groups -OCH3 is 1. The van der Waals surface area contributed by atoms with E-state index in [1.54, 1.807) is 0 Å². The molecule has 0 saturated heterocycles. The lowest BCUT2D eigenvalue weighted by Gasteiger charge is -2.14. The minimum absolute atomic E-state index is 0.00926. The summed E-state index contributed by atoms with van der Waals surface area (Å²) in [5, 5.41) is 0.678. The van der Waals surface area contributed by atoms with Crippen molar-refractivity contribution in [3.8, 4) is 0 Å². The average Bonchev–Trinajstić information content (AvgIpc) is 1.88. The first-order valence-corrected chi connectivity index (χ1v) is 4.39. The van der Waals surface area contributed by atoms with Gasteiger partial charge in [-0.25, -0.2) is 0 Å². The summed E-state index contributed by atoms with van der Waals surface area (Å²) < 4.78 is 4.60. The number of esters is 1.